The third-order valence-corrected chi connectivity index (χ3v) is 3.77. The highest BCUT2D eigenvalue weighted by atomic mass is 35.5. The molecule has 3 rings (SSSR count). The van der Waals surface area contributed by atoms with E-state index in [9.17, 15) is 0 Å². The Labute approximate surface area is 155 Å². The maximum absolute atomic E-state index is 5.99. The fourth-order valence-electron chi connectivity index (χ4n) is 2.10. The van der Waals surface area contributed by atoms with E-state index < -0.39 is 0 Å². The maximum Gasteiger partial charge on any atom is 0.187 e. The van der Waals surface area contributed by atoms with Gasteiger partial charge in [0.2, 0.25) is 0 Å². The van der Waals surface area contributed by atoms with Crippen molar-refractivity contribution >= 4 is 35.1 Å². The molecule has 2 N–H and O–H groups in total. The van der Waals surface area contributed by atoms with Gasteiger partial charge < -0.3 is 9.73 Å². The monoisotopic (exact) mass is 370 g/mol. The van der Waals surface area contributed by atoms with Gasteiger partial charge in [0.15, 0.2) is 5.11 Å². The van der Waals surface area contributed by atoms with Gasteiger partial charge in [-0.1, -0.05) is 23.7 Å². The highest BCUT2D eigenvalue weighted by Crippen LogP contribution is 2.24. The number of aromatic nitrogens is 1. The molecule has 0 aliphatic heterocycles. The van der Waals surface area contributed by atoms with Gasteiger partial charge >= 0.3 is 0 Å². The van der Waals surface area contributed by atoms with Crippen LogP contribution in [-0.4, -0.2) is 16.3 Å². The van der Waals surface area contributed by atoms with E-state index in [0.29, 0.717) is 22.4 Å². The van der Waals surface area contributed by atoms with Gasteiger partial charge in [-0.05, 0) is 54.2 Å². The molecule has 25 heavy (non-hydrogen) atoms. The van der Waals surface area contributed by atoms with Crippen molar-refractivity contribution in [1.82, 2.24) is 15.7 Å². The van der Waals surface area contributed by atoms with Crippen LogP contribution in [0.2, 0.25) is 5.02 Å². The average molecular weight is 371 g/mol. The third-order valence-electron chi connectivity index (χ3n) is 3.30. The lowest BCUT2D eigenvalue weighted by Crippen LogP contribution is -2.31. The van der Waals surface area contributed by atoms with Crippen molar-refractivity contribution in [3.63, 3.8) is 0 Å². The van der Waals surface area contributed by atoms with Gasteiger partial charge in [-0.15, -0.1) is 0 Å². The Hall–Kier alpha value is -2.70. The van der Waals surface area contributed by atoms with Crippen LogP contribution in [0.25, 0.3) is 11.3 Å². The summed E-state index contributed by atoms with van der Waals surface area (Å²) in [5.41, 5.74) is 4.75. The number of halogens is 1. The molecule has 1 aromatic carbocycles. The third kappa shape index (κ3) is 5.14. The summed E-state index contributed by atoms with van der Waals surface area (Å²) in [6.07, 6.45) is 5.04. The largest absolute Gasteiger partial charge is 0.455 e. The molecule has 0 radical (unpaired) electrons. The second-order valence-corrected chi connectivity index (χ2v) is 5.97. The minimum atomic E-state index is 0.426. The molecule has 0 bridgehead atoms. The standard InChI is InChI=1S/C18H15ClN4OS/c19-15-3-1-2-14(10-15)17-5-4-16(24-17)12-22-23-18(25)21-11-13-6-8-20-9-7-13/h1-10,12H,11H2,(H2,21,23,25)/b22-12+. The van der Waals surface area contributed by atoms with Gasteiger partial charge in [0, 0.05) is 29.5 Å². The quantitative estimate of drug-likeness (QED) is 0.404. The fraction of sp³-hybridized carbons (Fsp3) is 0.0556. The van der Waals surface area contributed by atoms with Crippen LogP contribution in [0.5, 0.6) is 0 Å². The molecule has 0 amide bonds. The van der Waals surface area contributed by atoms with Crippen LogP contribution in [0.3, 0.4) is 0 Å². The number of hydrogen-bond donors (Lipinski definition) is 2. The number of thiocarbonyl (C=S) groups is 1. The van der Waals surface area contributed by atoms with E-state index in [1.54, 1.807) is 18.6 Å². The fourth-order valence-corrected chi connectivity index (χ4v) is 2.41. The molecule has 7 heteroatoms. The van der Waals surface area contributed by atoms with Gasteiger partial charge in [0.1, 0.15) is 11.5 Å². The first kappa shape index (κ1) is 17.1. The molecular weight excluding hydrogens is 356 g/mol. The second kappa shape index (κ2) is 8.41. The number of nitrogens with zero attached hydrogens (tertiary/aromatic N) is 2. The van der Waals surface area contributed by atoms with Gasteiger partial charge in [-0.2, -0.15) is 5.10 Å². The summed E-state index contributed by atoms with van der Waals surface area (Å²) < 4.78 is 5.72. The molecule has 0 aliphatic carbocycles. The van der Waals surface area contributed by atoms with E-state index in [1.807, 2.05) is 48.5 Å². The topological polar surface area (TPSA) is 62.5 Å². The Morgan fingerprint density at radius 2 is 2.04 bits per heavy atom. The maximum atomic E-state index is 5.99. The number of pyridine rings is 1. The Balaban J connectivity index is 1.51. The smallest absolute Gasteiger partial charge is 0.187 e. The molecule has 2 heterocycles. The number of hydrogen-bond acceptors (Lipinski definition) is 4. The molecule has 0 aliphatic rings. The highest BCUT2D eigenvalue weighted by molar-refractivity contribution is 7.80. The molecule has 0 spiro atoms. The van der Waals surface area contributed by atoms with Gasteiger partial charge in [0.05, 0.1) is 6.21 Å². The van der Waals surface area contributed by atoms with Crippen LogP contribution in [0.15, 0.2) is 70.4 Å². The predicted octanol–water partition coefficient (Wildman–Crippen LogP) is 3.99. The second-order valence-electron chi connectivity index (χ2n) is 5.12. The van der Waals surface area contributed by atoms with E-state index in [1.165, 1.54) is 0 Å². The molecule has 5 nitrogen and oxygen atoms in total. The van der Waals surface area contributed by atoms with Crippen molar-refractivity contribution in [2.45, 2.75) is 6.54 Å². The molecule has 0 atom stereocenters. The number of benzene rings is 1. The van der Waals surface area contributed by atoms with Crippen molar-refractivity contribution in [3.05, 3.63) is 77.3 Å². The van der Waals surface area contributed by atoms with Crippen molar-refractivity contribution in [2.24, 2.45) is 5.10 Å². The van der Waals surface area contributed by atoms with E-state index in [4.69, 9.17) is 28.2 Å². The molecule has 0 fully saturated rings. The molecule has 3 aromatic rings. The molecular formula is C18H15ClN4OS. The van der Waals surface area contributed by atoms with Crippen LogP contribution < -0.4 is 10.7 Å². The number of rotatable bonds is 5. The lowest BCUT2D eigenvalue weighted by molar-refractivity contribution is 0.574. The van der Waals surface area contributed by atoms with Crippen molar-refractivity contribution in [2.75, 3.05) is 0 Å². The van der Waals surface area contributed by atoms with Crippen LogP contribution in [0.1, 0.15) is 11.3 Å². The van der Waals surface area contributed by atoms with Crippen LogP contribution >= 0.6 is 23.8 Å². The number of furan rings is 1. The van der Waals surface area contributed by atoms with Crippen molar-refractivity contribution in [3.8, 4) is 11.3 Å². The number of nitrogens with one attached hydrogen (secondary N) is 2. The summed E-state index contributed by atoms with van der Waals surface area (Å²) in [6, 6.07) is 15.0. The van der Waals surface area contributed by atoms with Crippen molar-refractivity contribution < 1.29 is 4.42 Å². The summed E-state index contributed by atoms with van der Waals surface area (Å²) in [6.45, 7) is 0.601. The minimum Gasteiger partial charge on any atom is -0.455 e. The van der Waals surface area contributed by atoms with E-state index in [-0.39, 0.29) is 0 Å². The minimum absolute atomic E-state index is 0.426. The van der Waals surface area contributed by atoms with E-state index in [0.717, 1.165) is 16.9 Å². The van der Waals surface area contributed by atoms with Crippen LogP contribution in [0, 0.1) is 0 Å². The summed E-state index contributed by atoms with van der Waals surface area (Å²) in [5.74, 6) is 1.33. The lowest BCUT2D eigenvalue weighted by Gasteiger charge is -2.06. The first-order chi connectivity index (χ1) is 12.2. The molecule has 0 saturated heterocycles. The Morgan fingerprint density at radius 3 is 2.84 bits per heavy atom. The molecule has 2 aromatic heterocycles. The first-order valence-electron chi connectivity index (χ1n) is 7.52. The summed E-state index contributed by atoms with van der Waals surface area (Å²) >= 11 is 11.2. The Morgan fingerprint density at radius 1 is 1.20 bits per heavy atom. The predicted molar refractivity (Wildman–Crippen MR) is 104 cm³/mol. The zero-order chi connectivity index (χ0) is 17.5. The highest BCUT2D eigenvalue weighted by Gasteiger charge is 2.04. The molecule has 0 unspecified atom stereocenters. The zero-order valence-electron chi connectivity index (χ0n) is 13.1. The normalized spacial score (nSPS) is 10.8. The lowest BCUT2D eigenvalue weighted by atomic mass is 10.2. The molecule has 126 valence electrons. The first-order valence-corrected chi connectivity index (χ1v) is 8.31. The van der Waals surface area contributed by atoms with Crippen molar-refractivity contribution in [1.29, 1.82) is 0 Å². The molecule has 0 saturated carbocycles. The van der Waals surface area contributed by atoms with Gasteiger partial charge in [0.25, 0.3) is 0 Å². The summed E-state index contributed by atoms with van der Waals surface area (Å²) in [4.78, 5) is 3.97. The van der Waals surface area contributed by atoms with Gasteiger partial charge in [-0.3, -0.25) is 10.4 Å². The summed E-state index contributed by atoms with van der Waals surface area (Å²) in [5, 5.41) is 8.21. The van der Waals surface area contributed by atoms with E-state index >= 15 is 0 Å². The van der Waals surface area contributed by atoms with Gasteiger partial charge in [-0.25, -0.2) is 0 Å². The van der Waals surface area contributed by atoms with Crippen LogP contribution in [0.4, 0.5) is 0 Å². The number of hydrazone groups is 1. The Bertz CT molecular complexity index is 880. The Kier molecular flexibility index (Phi) is 5.77. The van der Waals surface area contributed by atoms with Crippen LogP contribution in [-0.2, 0) is 6.54 Å². The SMILES string of the molecule is S=C(NCc1ccncc1)N/N=C/c1ccc(-c2cccc(Cl)c2)o1. The van der Waals surface area contributed by atoms with E-state index in [2.05, 4.69) is 20.8 Å². The summed E-state index contributed by atoms with van der Waals surface area (Å²) in [7, 11) is 0. The zero-order valence-corrected chi connectivity index (χ0v) is 14.7. The average Bonchev–Trinajstić information content (AvgIpc) is 3.10.